The first-order valence-electron chi connectivity index (χ1n) is 9.56. The second-order valence-electron chi connectivity index (χ2n) is 7.82. The van der Waals surface area contributed by atoms with Gasteiger partial charge in [0.1, 0.15) is 18.5 Å². The number of aromatic nitrogens is 2. The minimum atomic E-state index is -0.568. The van der Waals surface area contributed by atoms with Crippen molar-refractivity contribution in [2.75, 3.05) is 18.6 Å². The molecule has 7 heteroatoms. The summed E-state index contributed by atoms with van der Waals surface area (Å²) in [7, 11) is 0. The number of hydrogen-bond acceptors (Lipinski definition) is 7. The first kappa shape index (κ1) is 20.7. The average molecular weight is 393 g/mol. The van der Waals surface area contributed by atoms with Crippen LogP contribution in [0, 0.1) is 0 Å². The van der Waals surface area contributed by atoms with Crippen LogP contribution in [0.15, 0.2) is 59.8 Å². The highest BCUT2D eigenvalue weighted by Gasteiger charge is 2.12. The number of nitrogens with one attached hydrogen (secondary N) is 2. The Bertz CT molecular complexity index is 946. The maximum Gasteiger partial charge on any atom is 0.176 e. The number of ether oxygens (including phenoxy) is 1. The predicted octanol–water partition coefficient (Wildman–Crippen LogP) is 3.20. The molecule has 1 atom stereocenters. The van der Waals surface area contributed by atoms with Gasteiger partial charge in [-0.15, -0.1) is 5.10 Å². The lowest BCUT2D eigenvalue weighted by Crippen LogP contribution is -2.42. The van der Waals surface area contributed by atoms with E-state index in [-0.39, 0.29) is 12.1 Å². The smallest absolute Gasteiger partial charge is 0.176 e. The van der Waals surface area contributed by atoms with Gasteiger partial charge in [0.05, 0.1) is 12.4 Å². The van der Waals surface area contributed by atoms with Crippen LogP contribution in [0.5, 0.6) is 5.75 Å². The summed E-state index contributed by atoms with van der Waals surface area (Å²) in [5.41, 5.74) is 3.82. The number of benzene rings is 2. The van der Waals surface area contributed by atoms with Gasteiger partial charge in [-0.2, -0.15) is 10.2 Å². The lowest BCUT2D eigenvalue weighted by Gasteiger charge is -2.22. The molecular weight excluding hydrogens is 366 g/mol. The largest absolute Gasteiger partial charge is 0.491 e. The SMILES string of the molecule is CC(C)(C)NCC(O)COc1ccc(/C=N/Nc2nncc3ccccc23)cc1. The number of hydrogen-bond donors (Lipinski definition) is 3. The third-order valence-electron chi connectivity index (χ3n) is 4.15. The van der Waals surface area contributed by atoms with Gasteiger partial charge in [-0.3, -0.25) is 5.43 Å². The van der Waals surface area contributed by atoms with E-state index >= 15 is 0 Å². The van der Waals surface area contributed by atoms with E-state index in [9.17, 15) is 5.11 Å². The van der Waals surface area contributed by atoms with Crippen LogP contribution in [0.4, 0.5) is 5.82 Å². The second-order valence-corrected chi connectivity index (χ2v) is 7.82. The molecule has 1 heterocycles. The van der Waals surface area contributed by atoms with Crippen molar-refractivity contribution in [3.05, 3.63) is 60.3 Å². The summed E-state index contributed by atoms with van der Waals surface area (Å²) in [4.78, 5) is 0. The van der Waals surface area contributed by atoms with Gasteiger partial charge >= 0.3 is 0 Å². The molecule has 0 saturated carbocycles. The number of rotatable bonds is 8. The molecule has 3 aromatic rings. The summed E-state index contributed by atoms with van der Waals surface area (Å²) in [6, 6.07) is 15.4. The Morgan fingerprint density at radius 2 is 1.90 bits per heavy atom. The van der Waals surface area contributed by atoms with Crippen molar-refractivity contribution in [3.8, 4) is 5.75 Å². The van der Waals surface area contributed by atoms with E-state index < -0.39 is 6.10 Å². The maximum absolute atomic E-state index is 10.0. The molecule has 29 heavy (non-hydrogen) atoms. The molecule has 3 N–H and O–H groups in total. The Balaban J connectivity index is 1.51. The second kappa shape index (κ2) is 9.45. The van der Waals surface area contributed by atoms with Crippen molar-refractivity contribution in [3.63, 3.8) is 0 Å². The average Bonchev–Trinajstić information content (AvgIpc) is 2.71. The Morgan fingerprint density at radius 1 is 1.14 bits per heavy atom. The van der Waals surface area contributed by atoms with Crippen LogP contribution >= 0.6 is 0 Å². The molecule has 0 amide bonds. The van der Waals surface area contributed by atoms with Gasteiger partial charge in [0.15, 0.2) is 5.82 Å². The molecule has 0 aliphatic heterocycles. The standard InChI is InChI=1S/C22H27N5O2/c1-22(2,3)23-14-18(28)15-29-19-10-8-16(9-11-19)12-24-26-21-20-7-5-4-6-17(20)13-25-27-21/h4-13,18,23,28H,14-15H2,1-3H3,(H,26,27)/b24-12+. The molecule has 0 aliphatic carbocycles. The first-order valence-corrected chi connectivity index (χ1v) is 9.56. The Hall–Kier alpha value is -3.03. The highest BCUT2D eigenvalue weighted by molar-refractivity contribution is 5.91. The maximum atomic E-state index is 10.0. The predicted molar refractivity (Wildman–Crippen MR) is 116 cm³/mol. The molecule has 0 saturated heterocycles. The monoisotopic (exact) mass is 393 g/mol. The fourth-order valence-corrected chi connectivity index (χ4v) is 2.60. The quantitative estimate of drug-likeness (QED) is 0.402. The van der Waals surface area contributed by atoms with E-state index in [1.165, 1.54) is 0 Å². The van der Waals surface area contributed by atoms with Crippen LogP contribution in [-0.4, -0.2) is 46.3 Å². The summed E-state index contributed by atoms with van der Waals surface area (Å²) < 4.78 is 5.64. The van der Waals surface area contributed by atoms with Crippen LogP contribution in [0.3, 0.4) is 0 Å². The fourth-order valence-electron chi connectivity index (χ4n) is 2.60. The molecular formula is C22H27N5O2. The molecule has 1 aromatic heterocycles. The van der Waals surface area contributed by atoms with Gasteiger partial charge in [0.2, 0.25) is 0 Å². The molecule has 1 unspecified atom stereocenters. The molecule has 0 aliphatic rings. The fraction of sp³-hybridized carbons (Fsp3) is 0.318. The molecule has 0 bridgehead atoms. The van der Waals surface area contributed by atoms with E-state index in [1.54, 1.807) is 12.4 Å². The third-order valence-corrected chi connectivity index (χ3v) is 4.15. The zero-order valence-corrected chi connectivity index (χ0v) is 17.0. The number of nitrogens with zero attached hydrogens (tertiary/aromatic N) is 3. The molecule has 2 aromatic carbocycles. The van der Waals surface area contributed by atoms with E-state index in [2.05, 4.69) is 46.8 Å². The van der Waals surface area contributed by atoms with Gasteiger partial charge in [-0.1, -0.05) is 24.3 Å². The Morgan fingerprint density at radius 3 is 2.66 bits per heavy atom. The summed E-state index contributed by atoms with van der Waals surface area (Å²) in [5, 5.41) is 27.5. The lowest BCUT2D eigenvalue weighted by molar-refractivity contribution is 0.100. The molecule has 7 nitrogen and oxygen atoms in total. The van der Waals surface area contributed by atoms with Crippen LogP contribution in [0.2, 0.25) is 0 Å². The summed E-state index contributed by atoms with van der Waals surface area (Å²) in [6.07, 6.45) is 2.86. The number of anilines is 1. The van der Waals surface area contributed by atoms with Crippen molar-refractivity contribution in [1.82, 2.24) is 15.5 Å². The van der Waals surface area contributed by atoms with E-state index in [1.807, 2.05) is 48.5 Å². The van der Waals surface area contributed by atoms with Crippen molar-refractivity contribution >= 4 is 22.8 Å². The summed E-state index contributed by atoms with van der Waals surface area (Å²) >= 11 is 0. The Kier molecular flexibility index (Phi) is 6.74. The Labute approximate surface area is 170 Å². The van der Waals surface area contributed by atoms with Crippen LogP contribution in [-0.2, 0) is 0 Å². The van der Waals surface area contributed by atoms with E-state index in [0.29, 0.717) is 18.1 Å². The van der Waals surface area contributed by atoms with E-state index in [0.717, 1.165) is 16.3 Å². The lowest BCUT2D eigenvalue weighted by atomic mass is 10.1. The van der Waals surface area contributed by atoms with Gasteiger partial charge in [0.25, 0.3) is 0 Å². The molecule has 152 valence electrons. The molecule has 0 fully saturated rings. The van der Waals surface area contributed by atoms with Crippen molar-refractivity contribution in [2.24, 2.45) is 5.10 Å². The van der Waals surface area contributed by atoms with Crippen molar-refractivity contribution in [2.45, 2.75) is 32.4 Å². The topological polar surface area (TPSA) is 91.7 Å². The number of β-amino-alcohol motifs (C(OH)–C–C–N with tert-alkyl or cyclic N) is 1. The zero-order chi connectivity index (χ0) is 20.7. The summed E-state index contributed by atoms with van der Waals surface area (Å²) in [5.74, 6) is 1.31. The van der Waals surface area contributed by atoms with Gasteiger partial charge in [-0.25, -0.2) is 0 Å². The highest BCUT2D eigenvalue weighted by atomic mass is 16.5. The van der Waals surface area contributed by atoms with Crippen LogP contribution in [0.1, 0.15) is 26.3 Å². The van der Waals surface area contributed by atoms with Gasteiger partial charge in [0, 0.05) is 22.9 Å². The third kappa shape index (κ3) is 6.51. The highest BCUT2D eigenvalue weighted by Crippen LogP contribution is 2.19. The minimum absolute atomic E-state index is 0.0341. The molecule has 3 rings (SSSR count). The van der Waals surface area contributed by atoms with E-state index in [4.69, 9.17) is 4.74 Å². The number of aliphatic hydroxyl groups excluding tert-OH is 1. The number of fused-ring (bicyclic) bond motifs is 1. The molecule has 0 radical (unpaired) electrons. The van der Waals surface area contributed by atoms with Crippen molar-refractivity contribution < 1.29 is 9.84 Å². The minimum Gasteiger partial charge on any atom is -0.491 e. The normalized spacial score (nSPS) is 13.0. The molecule has 0 spiro atoms. The van der Waals surface area contributed by atoms with Crippen molar-refractivity contribution in [1.29, 1.82) is 0 Å². The number of aliphatic hydroxyl groups is 1. The van der Waals surface area contributed by atoms with Crippen LogP contribution < -0.4 is 15.5 Å². The first-order chi connectivity index (χ1) is 13.9. The zero-order valence-electron chi connectivity index (χ0n) is 17.0. The van der Waals surface area contributed by atoms with Gasteiger partial charge in [-0.05, 0) is 50.6 Å². The van der Waals surface area contributed by atoms with Gasteiger partial charge < -0.3 is 15.2 Å². The summed E-state index contributed by atoms with van der Waals surface area (Å²) in [6.45, 7) is 6.89. The van der Waals surface area contributed by atoms with Crippen LogP contribution in [0.25, 0.3) is 10.8 Å². The number of hydrazone groups is 1.